The third-order valence-corrected chi connectivity index (χ3v) is 13.1. The first-order chi connectivity index (χ1) is 13.4. The topological polar surface area (TPSA) is 115 Å². The molecule has 194 valence electrons. The third kappa shape index (κ3) is 12.9. The molecule has 0 amide bonds. The Kier molecular flexibility index (Phi) is 25.9. The molecule has 0 fully saturated rings. The lowest BCUT2D eigenvalue weighted by Gasteiger charge is -2.39. The van der Waals surface area contributed by atoms with E-state index in [0.29, 0.717) is 52.3 Å². The van der Waals surface area contributed by atoms with Crippen LogP contribution in [0, 0.1) is 0 Å². The normalized spacial score (nSPS) is 12.0. The Bertz CT molecular complexity index is 365. The van der Waals surface area contributed by atoms with E-state index in [-0.39, 0.29) is 20.3 Å². The molecule has 0 aromatic heterocycles. The summed E-state index contributed by atoms with van der Waals surface area (Å²) >= 11 is 0. The van der Waals surface area contributed by atoms with Gasteiger partial charge in [-0.15, -0.1) is 0 Å². The average Bonchev–Trinajstić information content (AvgIpc) is 2.63. The van der Waals surface area contributed by atoms with Crippen LogP contribution in [0.25, 0.3) is 0 Å². The lowest BCUT2D eigenvalue weighted by atomic mass is 10.9. The molecule has 2 N–H and O–H groups in total. The van der Waals surface area contributed by atoms with Crippen molar-refractivity contribution in [2.75, 3.05) is 46.2 Å². The van der Waals surface area contributed by atoms with E-state index in [2.05, 4.69) is 0 Å². The summed E-state index contributed by atoms with van der Waals surface area (Å²) in [6.07, 6.45) is 0. The van der Waals surface area contributed by atoms with Gasteiger partial charge in [0.25, 0.3) is 0 Å². The molecule has 0 heterocycles. The predicted molar refractivity (Wildman–Crippen MR) is 128 cm³/mol. The summed E-state index contributed by atoms with van der Waals surface area (Å²) in [6, 6.07) is 0.541. The van der Waals surface area contributed by atoms with Crippen LogP contribution in [0.1, 0.15) is 70.2 Å². The van der Waals surface area contributed by atoms with Gasteiger partial charge in [-0.3, -0.25) is 0 Å². The largest absolute Gasteiger partial charge is 0.673 e. The van der Waals surface area contributed by atoms with E-state index in [1.807, 2.05) is 55.4 Å². The third-order valence-electron chi connectivity index (χ3n) is 3.30. The van der Waals surface area contributed by atoms with E-state index < -0.39 is 26.9 Å². The van der Waals surface area contributed by atoms with Gasteiger partial charge in [-0.05, 0) is 48.5 Å². The highest BCUT2D eigenvalue weighted by atomic mass is 28.5. The second-order valence-corrected chi connectivity index (χ2v) is 13.0. The Balaban J connectivity index is -0.00000121. The van der Waals surface area contributed by atoms with Crippen LogP contribution < -0.4 is 0 Å². The van der Waals surface area contributed by atoms with Gasteiger partial charge in [0.1, 0.15) is 0 Å². The van der Waals surface area contributed by atoms with Crippen LogP contribution in [0.2, 0.25) is 6.04 Å². The Morgan fingerprint density at radius 1 is 0.419 bits per heavy atom. The smallest absolute Gasteiger partial charge is 0.412 e. The minimum atomic E-state index is -3.78. The first-order valence-electron chi connectivity index (χ1n) is 10.3. The van der Waals surface area contributed by atoms with Crippen LogP contribution in [-0.2, 0) is 39.2 Å². The van der Waals surface area contributed by atoms with Crippen molar-refractivity contribution in [3.05, 3.63) is 0 Å². The molecular formula is C18H50O10Si3. The molecule has 13 heteroatoms. The molecule has 0 radical (unpaired) electrons. The summed E-state index contributed by atoms with van der Waals surface area (Å²) in [5.74, 6) is 0. The molecule has 31 heavy (non-hydrogen) atoms. The molecule has 0 unspecified atom stereocenters. The van der Waals surface area contributed by atoms with Crippen molar-refractivity contribution >= 4 is 26.9 Å². The highest BCUT2D eigenvalue weighted by Crippen LogP contribution is 2.28. The molecule has 0 saturated heterocycles. The maximum atomic E-state index is 6.39. The van der Waals surface area contributed by atoms with Gasteiger partial charge in [-0.25, -0.2) is 0 Å². The molecule has 0 saturated carbocycles. The molecule has 0 aliphatic heterocycles. The minimum Gasteiger partial charge on any atom is -0.412 e. The molecule has 0 spiro atoms. The number of hydrogen-bond donors (Lipinski definition) is 0. The Morgan fingerprint density at radius 2 is 0.710 bits per heavy atom. The molecule has 0 aliphatic carbocycles. The van der Waals surface area contributed by atoms with Gasteiger partial charge in [0.05, 0.1) is 0 Å². The zero-order valence-electron chi connectivity index (χ0n) is 19.3. The second-order valence-electron chi connectivity index (χ2n) is 5.27. The highest BCUT2D eigenvalue weighted by Gasteiger charge is 2.63. The van der Waals surface area contributed by atoms with E-state index in [9.17, 15) is 0 Å². The lowest BCUT2D eigenvalue weighted by molar-refractivity contribution is -0.0565. The lowest BCUT2D eigenvalue weighted by Crippen LogP contribution is -2.66. The van der Waals surface area contributed by atoms with Crippen molar-refractivity contribution in [1.82, 2.24) is 0 Å². The Labute approximate surface area is 194 Å². The predicted octanol–water partition coefficient (Wildman–Crippen LogP) is 3.55. The summed E-state index contributed by atoms with van der Waals surface area (Å²) in [6.45, 7) is 17.5. The van der Waals surface area contributed by atoms with Crippen molar-refractivity contribution in [3.63, 3.8) is 0 Å². The van der Waals surface area contributed by atoms with E-state index in [1.54, 1.807) is 0 Å². The summed E-state index contributed by atoms with van der Waals surface area (Å²) in [7, 11) is -10.4. The zero-order valence-corrected chi connectivity index (χ0v) is 22.3. The van der Waals surface area contributed by atoms with Gasteiger partial charge in [0.15, 0.2) is 0 Å². The van der Waals surface area contributed by atoms with Crippen LogP contribution >= 0.6 is 0 Å². The van der Waals surface area contributed by atoms with Crippen LogP contribution in [0.5, 0.6) is 0 Å². The Hall–Kier alpha value is 0.251. The van der Waals surface area contributed by atoms with E-state index >= 15 is 0 Å². The molecule has 0 aromatic carbocycles. The first kappa shape index (κ1) is 38.5. The number of rotatable bonds is 19. The van der Waals surface area contributed by atoms with Gasteiger partial charge in [0, 0.05) is 52.3 Å². The second kappa shape index (κ2) is 20.8. The fourth-order valence-corrected chi connectivity index (χ4v) is 11.9. The SMILES string of the molecule is C.C.CCO[Si](CC)(OCC)O[Si](OCC)(OCC)O[Si](OCC)(OCC)OCC.O. The molecule has 10 nitrogen and oxygen atoms in total. The average molecular weight is 511 g/mol. The van der Waals surface area contributed by atoms with Crippen molar-refractivity contribution in [3.8, 4) is 0 Å². The van der Waals surface area contributed by atoms with Crippen LogP contribution in [0.4, 0.5) is 0 Å². The first-order valence-corrected chi connectivity index (χ1v) is 15.5. The molecule has 0 atom stereocenters. The monoisotopic (exact) mass is 510 g/mol. The van der Waals surface area contributed by atoms with Crippen LogP contribution in [0.3, 0.4) is 0 Å². The molecule has 0 aromatic rings. The van der Waals surface area contributed by atoms with E-state index in [0.717, 1.165) is 0 Å². The molecule has 0 bridgehead atoms. The fraction of sp³-hybridized carbons (Fsp3) is 1.00. The maximum Gasteiger partial charge on any atom is 0.673 e. The van der Waals surface area contributed by atoms with Crippen molar-refractivity contribution < 1.29 is 44.7 Å². The standard InChI is InChI=1S/C16H40O9Si3.2CH4.H2O/c1-9-17-26(16-8,18-10-2)24-28(22-14-6,23-15-7)25-27(19-11-3,20-12-4)21-13-5;;;/h9-16H2,1-8H3;2*1H4;1H2. The van der Waals surface area contributed by atoms with Gasteiger partial charge in [-0.2, -0.15) is 0 Å². The molecular weight excluding hydrogens is 460 g/mol. The van der Waals surface area contributed by atoms with Crippen LogP contribution in [-0.4, -0.2) is 78.6 Å². The van der Waals surface area contributed by atoms with Gasteiger partial charge >= 0.3 is 26.9 Å². The summed E-state index contributed by atoms with van der Waals surface area (Å²) in [5.41, 5.74) is 0. The maximum absolute atomic E-state index is 6.39. The zero-order chi connectivity index (χ0) is 21.5. The Morgan fingerprint density at radius 3 is 0.968 bits per heavy atom. The van der Waals surface area contributed by atoms with Gasteiger partial charge in [0.2, 0.25) is 0 Å². The van der Waals surface area contributed by atoms with Gasteiger partial charge in [-0.1, -0.05) is 21.8 Å². The van der Waals surface area contributed by atoms with Crippen molar-refractivity contribution in [2.45, 2.75) is 76.3 Å². The fourth-order valence-electron chi connectivity index (χ4n) is 2.44. The van der Waals surface area contributed by atoms with Crippen molar-refractivity contribution in [2.24, 2.45) is 0 Å². The summed E-state index contributed by atoms with van der Waals surface area (Å²) in [4.78, 5) is 0. The quantitative estimate of drug-likeness (QED) is 0.241. The molecule has 0 aliphatic rings. The van der Waals surface area contributed by atoms with Gasteiger partial charge < -0.3 is 44.7 Å². The van der Waals surface area contributed by atoms with E-state index in [4.69, 9.17) is 39.2 Å². The van der Waals surface area contributed by atoms with E-state index in [1.165, 1.54) is 0 Å². The summed E-state index contributed by atoms with van der Waals surface area (Å²) in [5, 5.41) is 0. The summed E-state index contributed by atoms with van der Waals surface area (Å²) < 4.78 is 54.0. The van der Waals surface area contributed by atoms with Crippen molar-refractivity contribution in [1.29, 1.82) is 0 Å². The van der Waals surface area contributed by atoms with Crippen LogP contribution in [0.15, 0.2) is 0 Å². The molecule has 0 rings (SSSR count). The minimum absolute atomic E-state index is 0. The highest BCUT2D eigenvalue weighted by molar-refractivity contribution is 6.76. The number of hydrogen-bond acceptors (Lipinski definition) is 9.